The third kappa shape index (κ3) is 4.68. The first-order chi connectivity index (χ1) is 14.6. The van der Waals surface area contributed by atoms with Crippen molar-refractivity contribution >= 4 is 29.3 Å². The number of likely N-dealkylation sites (tertiary alicyclic amines) is 1. The van der Waals surface area contributed by atoms with Crippen molar-refractivity contribution in [2.45, 2.75) is 49.6 Å². The fourth-order valence-corrected chi connectivity index (χ4v) is 5.04. The highest BCUT2D eigenvalue weighted by molar-refractivity contribution is 7.99. The molecule has 1 unspecified atom stereocenters. The van der Waals surface area contributed by atoms with E-state index in [2.05, 4.69) is 22.1 Å². The Bertz CT molecular complexity index is 1010. The maximum absolute atomic E-state index is 12.5. The van der Waals surface area contributed by atoms with Crippen molar-refractivity contribution in [3.8, 4) is 5.69 Å². The van der Waals surface area contributed by atoms with Crippen molar-refractivity contribution in [2.75, 3.05) is 6.54 Å². The Labute approximate surface area is 185 Å². The number of amides is 1. The van der Waals surface area contributed by atoms with E-state index >= 15 is 0 Å². The molecule has 1 fully saturated rings. The number of rotatable bonds is 6. The zero-order chi connectivity index (χ0) is 20.9. The Morgan fingerprint density at radius 1 is 1.13 bits per heavy atom. The second kappa shape index (κ2) is 9.62. The fourth-order valence-electron chi connectivity index (χ4n) is 3.63. The fraction of sp³-hybridized carbons (Fsp3) is 0.364. The summed E-state index contributed by atoms with van der Waals surface area (Å²) in [5.41, 5.74) is 1.93. The molecule has 3 heterocycles. The molecule has 30 heavy (non-hydrogen) atoms. The molecule has 0 saturated carbocycles. The molecule has 1 aromatic carbocycles. The van der Waals surface area contributed by atoms with Crippen molar-refractivity contribution in [3.63, 3.8) is 0 Å². The molecular formula is C22H24ClN5OS. The molecule has 0 spiro atoms. The van der Waals surface area contributed by atoms with Gasteiger partial charge in [0.05, 0.1) is 18.4 Å². The van der Waals surface area contributed by atoms with E-state index < -0.39 is 0 Å². The molecule has 0 N–H and O–H groups in total. The quantitative estimate of drug-likeness (QED) is 0.499. The summed E-state index contributed by atoms with van der Waals surface area (Å²) < 4.78 is 2.00. The minimum atomic E-state index is 0.0889. The van der Waals surface area contributed by atoms with E-state index in [9.17, 15) is 4.79 Å². The zero-order valence-electron chi connectivity index (χ0n) is 16.9. The Balaban J connectivity index is 1.66. The van der Waals surface area contributed by atoms with Crippen LogP contribution >= 0.6 is 23.4 Å². The van der Waals surface area contributed by atoms with Crippen LogP contribution in [0, 0.1) is 0 Å². The van der Waals surface area contributed by atoms with E-state index in [1.165, 1.54) is 0 Å². The number of halogens is 1. The summed E-state index contributed by atoms with van der Waals surface area (Å²) in [4.78, 5) is 18.7. The van der Waals surface area contributed by atoms with Gasteiger partial charge in [0.2, 0.25) is 5.91 Å². The number of nitrogens with zero attached hydrogens (tertiary/aromatic N) is 5. The average Bonchev–Trinajstić information content (AvgIpc) is 3.03. The summed E-state index contributed by atoms with van der Waals surface area (Å²) in [5.74, 6) is 0.930. The molecule has 3 aromatic rings. The second-order valence-corrected chi connectivity index (χ2v) is 9.07. The third-order valence-electron chi connectivity index (χ3n) is 5.23. The predicted molar refractivity (Wildman–Crippen MR) is 119 cm³/mol. The van der Waals surface area contributed by atoms with Gasteiger partial charge in [-0.2, -0.15) is 0 Å². The summed E-state index contributed by atoms with van der Waals surface area (Å²) in [7, 11) is 0. The predicted octanol–water partition coefficient (Wildman–Crippen LogP) is 5.07. The Kier molecular flexibility index (Phi) is 6.69. The van der Waals surface area contributed by atoms with Crippen LogP contribution in [0.3, 0.4) is 0 Å². The Morgan fingerprint density at radius 3 is 2.80 bits per heavy atom. The molecule has 1 aliphatic heterocycles. The van der Waals surface area contributed by atoms with Crippen LogP contribution < -0.4 is 0 Å². The molecule has 2 aromatic heterocycles. The van der Waals surface area contributed by atoms with Crippen molar-refractivity contribution in [1.82, 2.24) is 24.6 Å². The summed E-state index contributed by atoms with van der Waals surface area (Å²) in [6, 6.07) is 11.7. The Morgan fingerprint density at radius 2 is 2.00 bits per heavy atom. The van der Waals surface area contributed by atoms with Gasteiger partial charge < -0.3 is 4.90 Å². The number of pyridine rings is 1. The molecule has 1 saturated heterocycles. The number of carbonyl (C=O) groups is 1. The van der Waals surface area contributed by atoms with Gasteiger partial charge in [0, 0.05) is 29.4 Å². The lowest BCUT2D eigenvalue weighted by Gasteiger charge is -2.21. The zero-order valence-corrected chi connectivity index (χ0v) is 18.4. The number of hydrogen-bond donors (Lipinski definition) is 0. The maximum atomic E-state index is 12.5. The van der Waals surface area contributed by atoms with Gasteiger partial charge in [-0.3, -0.25) is 14.3 Å². The van der Waals surface area contributed by atoms with Gasteiger partial charge in [-0.05, 0) is 43.5 Å². The largest absolute Gasteiger partial charge is 0.335 e. The molecule has 0 aliphatic carbocycles. The van der Waals surface area contributed by atoms with E-state index in [1.54, 1.807) is 24.2 Å². The van der Waals surface area contributed by atoms with Crippen LogP contribution in [0.15, 0.2) is 53.9 Å². The van der Waals surface area contributed by atoms with Crippen LogP contribution in [0.2, 0.25) is 5.02 Å². The topological polar surface area (TPSA) is 63.9 Å². The lowest BCUT2D eigenvalue weighted by Crippen LogP contribution is -2.31. The number of hydrogen-bond acceptors (Lipinski definition) is 5. The highest BCUT2D eigenvalue weighted by Crippen LogP contribution is 2.38. The van der Waals surface area contributed by atoms with E-state index in [0.717, 1.165) is 53.1 Å². The summed E-state index contributed by atoms with van der Waals surface area (Å²) in [5, 5.41) is 10.5. The molecule has 6 nitrogen and oxygen atoms in total. The molecule has 4 rings (SSSR count). The first kappa shape index (κ1) is 20.9. The monoisotopic (exact) mass is 441 g/mol. The maximum Gasteiger partial charge on any atom is 0.222 e. The van der Waals surface area contributed by atoms with E-state index in [4.69, 9.17) is 11.6 Å². The van der Waals surface area contributed by atoms with Gasteiger partial charge >= 0.3 is 0 Å². The molecule has 1 amide bonds. The Hall–Kier alpha value is -2.38. The molecule has 8 heteroatoms. The minimum Gasteiger partial charge on any atom is -0.335 e. The van der Waals surface area contributed by atoms with Gasteiger partial charge in [0.25, 0.3) is 0 Å². The molecule has 1 aliphatic rings. The van der Waals surface area contributed by atoms with Crippen LogP contribution in [0.4, 0.5) is 0 Å². The number of thioether (sulfide) groups is 1. The highest BCUT2D eigenvalue weighted by Gasteiger charge is 2.23. The van der Waals surface area contributed by atoms with Gasteiger partial charge in [-0.25, -0.2) is 0 Å². The number of carbonyl (C=O) groups excluding carboxylic acids is 1. The number of benzene rings is 1. The highest BCUT2D eigenvalue weighted by atomic mass is 35.5. The summed E-state index contributed by atoms with van der Waals surface area (Å²) in [6.45, 7) is 3.31. The van der Waals surface area contributed by atoms with Gasteiger partial charge in [0.15, 0.2) is 11.0 Å². The summed E-state index contributed by atoms with van der Waals surface area (Å²) >= 11 is 7.99. The van der Waals surface area contributed by atoms with Crippen molar-refractivity contribution in [1.29, 1.82) is 0 Å². The standard InChI is InChI=1S/C22H24ClN5OS/c1-16(18-9-4-5-10-19(18)23)30-22-26-25-20(28(22)17-8-7-12-24-14-17)15-27-13-6-2-3-11-21(27)29/h4-5,7-10,12,14,16H,2-3,6,11,13,15H2,1H3. The van der Waals surface area contributed by atoms with Crippen LogP contribution in [0.25, 0.3) is 5.69 Å². The third-order valence-corrected chi connectivity index (χ3v) is 6.66. The van der Waals surface area contributed by atoms with Crippen LogP contribution in [0.5, 0.6) is 0 Å². The normalized spacial score (nSPS) is 15.8. The lowest BCUT2D eigenvalue weighted by molar-refractivity contribution is -0.131. The van der Waals surface area contributed by atoms with Crippen molar-refractivity contribution in [2.24, 2.45) is 0 Å². The van der Waals surface area contributed by atoms with Crippen LogP contribution in [-0.4, -0.2) is 37.1 Å². The number of aromatic nitrogens is 4. The molecule has 0 bridgehead atoms. The van der Waals surface area contributed by atoms with Gasteiger partial charge in [0.1, 0.15) is 0 Å². The smallest absolute Gasteiger partial charge is 0.222 e. The van der Waals surface area contributed by atoms with E-state index in [1.807, 2.05) is 45.9 Å². The van der Waals surface area contributed by atoms with Crippen molar-refractivity contribution in [3.05, 3.63) is 65.2 Å². The average molecular weight is 442 g/mol. The molecule has 156 valence electrons. The second-order valence-electron chi connectivity index (χ2n) is 7.35. The van der Waals surface area contributed by atoms with E-state index in [0.29, 0.717) is 13.0 Å². The molecular weight excluding hydrogens is 418 g/mol. The van der Waals surface area contributed by atoms with Gasteiger partial charge in [-0.1, -0.05) is 48.0 Å². The summed E-state index contributed by atoms with van der Waals surface area (Å²) in [6.07, 6.45) is 7.21. The SMILES string of the molecule is CC(Sc1nnc(CN2CCCCCC2=O)n1-c1cccnc1)c1ccccc1Cl. The minimum absolute atomic E-state index is 0.0889. The van der Waals surface area contributed by atoms with Gasteiger partial charge in [-0.15, -0.1) is 10.2 Å². The molecule has 1 atom stereocenters. The van der Waals surface area contributed by atoms with Crippen LogP contribution in [0.1, 0.15) is 49.2 Å². The lowest BCUT2D eigenvalue weighted by atomic mass is 10.2. The first-order valence-electron chi connectivity index (χ1n) is 10.2. The van der Waals surface area contributed by atoms with Crippen molar-refractivity contribution < 1.29 is 4.79 Å². The van der Waals surface area contributed by atoms with Crippen LogP contribution in [-0.2, 0) is 11.3 Å². The van der Waals surface area contributed by atoms with E-state index in [-0.39, 0.29) is 11.2 Å². The first-order valence-corrected chi connectivity index (χ1v) is 11.4. The molecule has 0 radical (unpaired) electrons.